The van der Waals surface area contributed by atoms with Crippen LogP contribution in [0.15, 0.2) is 126 Å². The summed E-state index contributed by atoms with van der Waals surface area (Å²) in [4.78, 5) is 0. The predicted molar refractivity (Wildman–Crippen MR) is 171 cm³/mol. The fourth-order valence-corrected chi connectivity index (χ4v) is 7.72. The molecule has 3 aromatic heterocycles. The molecule has 0 fully saturated rings. The van der Waals surface area contributed by atoms with Gasteiger partial charge in [-0.15, -0.1) is 11.3 Å². The number of furan rings is 1. The van der Waals surface area contributed by atoms with Crippen LogP contribution in [0.1, 0.15) is 5.56 Å². The van der Waals surface area contributed by atoms with Crippen molar-refractivity contribution >= 4 is 75.3 Å². The highest BCUT2D eigenvalue weighted by molar-refractivity contribution is 7.26. The zero-order valence-corrected chi connectivity index (χ0v) is 22.6. The lowest BCUT2D eigenvalue weighted by atomic mass is 9.97. The molecule has 3 nitrogen and oxygen atoms in total. The van der Waals surface area contributed by atoms with Gasteiger partial charge in [0.15, 0.2) is 5.58 Å². The molecule has 0 unspecified atom stereocenters. The second-order valence-electron chi connectivity index (χ2n) is 10.4. The molecule has 3 heterocycles. The number of rotatable bonds is 2. The molecule has 0 saturated heterocycles. The number of nitrogens with zero attached hydrogens (tertiary/aromatic N) is 2. The maximum absolute atomic E-state index is 9.68. The molecule has 41 heavy (non-hydrogen) atoms. The molecule has 190 valence electrons. The van der Waals surface area contributed by atoms with Gasteiger partial charge in [-0.25, -0.2) is 0 Å². The Labute approximate surface area is 238 Å². The van der Waals surface area contributed by atoms with E-state index >= 15 is 0 Å². The topological polar surface area (TPSA) is 41.9 Å². The van der Waals surface area contributed by atoms with Gasteiger partial charge in [-0.3, -0.25) is 0 Å². The summed E-state index contributed by atoms with van der Waals surface area (Å²) >= 11 is 1.85. The summed E-state index contributed by atoms with van der Waals surface area (Å²) in [6.07, 6.45) is 0. The van der Waals surface area contributed by atoms with Crippen molar-refractivity contribution in [2.75, 3.05) is 0 Å². The minimum Gasteiger partial charge on any atom is -0.454 e. The van der Waals surface area contributed by atoms with Crippen molar-refractivity contribution in [1.82, 2.24) is 4.57 Å². The molecule has 0 aliphatic carbocycles. The van der Waals surface area contributed by atoms with E-state index in [4.69, 9.17) is 4.42 Å². The van der Waals surface area contributed by atoms with Crippen molar-refractivity contribution in [2.24, 2.45) is 0 Å². The minimum absolute atomic E-state index is 0.636. The van der Waals surface area contributed by atoms with E-state index in [-0.39, 0.29) is 0 Å². The molecule has 4 heteroatoms. The molecule has 0 N–H and O–H groups in total. The van der Waals surface area contributed by atoms with Crippen LogP contribution < -0.4 is 0 Å². The first kappa shape index (κ1) is 22.4. The third kappa shape index (κ3) is 3.07. The number of hydrogen-bond donors (Lipinski definition) is 0. The van der Waals surface area contributed by atoms with Crippen molar-refractivity contribution in [2.45, 2.75) is 0 Å². The molecule has 0 bridgehead atoms. The van der Waals surface area contributed by atoms with Crippen molar-refractivity contribution < 1.29 is 4.42 Å². The second-order valence-corrected chi connectivity index (χ2v) is 11.5. The fraction of sp³-hybridized carbons (Fsp3) is 0. The van der Waals surface area contributed by atoms with Gasteiger partial charge in [-0.2, -0.15) is 5.26 Å². The highest BCUT2D eigenvalue weighted by atomic mass is 32.1. The monoisotopic (exact) mass is 540 g/mol. The van der Waals surface area contributed by atoms with E-state index in [0.29, 0.717) is 5.56 Å². The Morgan fingerprint density at radius 1 is 0.610 bits per heavy atom. The molecule has 0 amide bonds. The molecule has 0 spiro atoms. The van der Waals surface area contributed by atoms with Crippen LogP contribution >= 0.6 is 11.3 Å². The first-order valence-electron chi connectivity index (χ1n) is 13.6. The molecule has 9 aromatic rings. The number of fused-ring (bicyclic) bond motifs is 9. The Morgan fingerprint density at radius 2 is 1.34 bits per heavy atom. The Balaban J connectivity index is 1.38. The van der Waals surface area contributed by atoms with Crippen LogP contribution in [0.3, 0.4) is 0 Å². The zero-order chi connectivity index (χ0) is 27.1. The van der Waals surface area contributed by atoms with Gasteiger partial charge in [0.05, 0.1) is 28.4 Å². The van der Waals surface area contributed by atoms with Crippen LogP contribution in [-0.2, 0) is 0 Å². The first-order valence-corrected chi connectivity index (χ1v) is 14.4. The fourth-order valence-electron chi connectivity index (χ4n) is 6.49. The summed E-state index contributed by atoms with van der Waals surface area (Å²) in [5.74, 6) is 0. The van der Waals surface area contributed by atoms with Gasteiger partial charge in [0.25, 0.3) is 0 Å². The predicted octanol–water partition coefficient (Wildman–Crippen LogP) is 10.6. The van der Waals surface area contributed by atoms with Crippen LogP contribution in [0.4, 0.5) is 0 Å². The summed E-state index contributed by atoms with van der Waals surface area (Å²) < 4.78 is 11.5. The maximum atomic E-state index is 9.68. The average Bonchev–Trinajstić information content (AvgIpc) is 3.70. The largest absolute Gasteiger partial charge is 0.454 e. The lowest BCUT2D eigenvalue weighted by Crippen LogP contribution is -1.94. The molecule has 0 saturated carbocycles. The lowest BCUT2D eigenvalue weighted by Gasteiger charge is -2.09. The van der Waals surface area contributed by atoms with Gasteiger partial charge in [0, 0.05) is 47.3 Å². The van der Waals surface area contributed by atoms with E-state index in [2.05, 4.69) is 120 Å². The quantitative estimate of drug-likeness (QED) is 0.219. The smallest absolute Gasteiger partial charge is 0.159 e. The van der Waals surface area contributed by atoms with Gasteiger partial charge < -0.3 is 8.98 Å². The van der Waals surface area contributed by atoms with Gasteiger partial charge in [-0.1, -0.05) is 84.9 Å². The molecule has 0 aliphatic heterocycles. The summed E-state index contributed by atoms with van der Waals surface area (Å²) in [5.41, 5.74) is 7.77. The second kappa shape index (κ2) is 8.32. The Bertz CT molecular complexity index is 2560. The van der Waals surface area contributed by atoms with Crippen LogP contribution in [-0.4, -0.2) is 4.57 Å². The molecular formula is C37H20N2OS. The summed E-state index contributed by atoms with van der Waals surface area (Å²) in [7, 11) is 0. The van der Waals surface area contributed by atoms with E-state index in [9.17, 15) is 5.26 Å². The van der Waals surface area contributed by atoms with E-state index in [1.807, 2.05) is 23.5 Å². The number of aromatic nitrogens is 1. The molecule has 6 aromatic carbocycles. The number of hydrogen-bond acceptors (Lipinski definition) is 3. The summed E-state index contributed by atoms with van der Waals surface area (Å²) in [5, 5.41) is 16.7. The first-order chi connectivity index (χ1) is 20.3. The number of benzene rings is 6. The standard InChI is InChI=1S/C37H20N2OS/c38-21-22-18-19-24-23-8-1-3-14-30(23)39(32(24)20-22)31-15-6-13-29-35-26(10-7-16-33(35)40-36(29)31)28-12-5-11-27-25-9-2-4-17-34(25)41-37(27)28/h1-20H. The molecule has 9 rings (SSSR count). The van der Waals surface area contributed by atoms with Crippen LogP contribution in [0.25, 0.3) is 80.7 Å². The van der Waals surface area contributed by atoms with E-state index in [0.717, 1.165) is 49.4 Å². The highest BCUT2D eigenvalue weighted by Crippen LogP contribution is 2.45. The summed E-state index contributed by atoms with van der Waals surface area (Å²) in [6, 6.07) is 44.6. The van der Waals surface area contributed by atoms with Gasteiger partial charge in [0.1, 0.15) is 5.58 Å². The van der Waals surface area contributed by atoms with Crippen molar-refractivity contribution in [1.29, 1.82) is 5.26 Å². The highest BCUT2D eigenvalue weighted by Gasteiger charge is 2.20. The normalized spacial score (nSPS) is 11.9. The van der Waals surface area contributed by atoms with Gasteiger partial charge >= 0.3 is 0 Å². The maximum Gasteiger partial charge on any atom is 0.159 e. The van der Waals surface area contributed by atoms with E-state index < -0.39 is 0 Å². The van der Waals surface area contributed by atoms with Crippen molar-refractivity contribution in [3.8, 4) is 22.9 Å². The van der Waals surface area contributed by atoms with Crippen LogP contribution in [0.2, 0.25) is 0 Å². The van der Waals surface area contributed by atoms with Crippen LogP contribution in [0, 0.1) is 11.3 Å². The zero-order valence-electron chi connectivity index (χ0n) is 21.8. The van der Waals surface area contributed by atoms with Crippen molar-refractivity contribution in [3.63, 3.8) is 0 Å². The molecule has 0 atom stereocenters. The molecular weight excluding hydrogens is 520 g/mol. The third-order valence-electron chi connectivity index (χ3n) is 8.24. The van der Waals surface area contributed by atoms with E-state index in [1.165, 1.54) is 31.3 Å². The minimum atomic E-state index is 0.636. The molecule has 0 radical (unpaired) electrons. The average molecular weight is 541 g/mol. The molecule has 0 aliphatic rings. The van der Waals surface area contributed by atoms with E-state index in [1.54, 1.807) is 0 Å². The Morgan fingerprint density at radius 3 is 2.27 bits per heavy atom. The number of thiophene rings is 1. The lowest BCUT2D eigenvalue weighted by molar-refractivity contribution is 0.666. The number of para-hydroxylation sites is 2. The summed E-state index contributed by atoms with van der Waals surface area (Å²) in [6.45, 7) is 0. The Hall–Kier alpha value is -5.37. The number of nitriles is 1. The van der Waals surface area contributed by atoms with Crippen LogP contribution in [0.5, 0.6) is 0 Å². The third-order valence-corrected chi connectivity index (χ3v) is 9.46. The van der Waals surface area contributed by atoms with Crippen molar-refractivity contribution in [3.05, 3.63) is 127 Å². The van der Waals surface area contributed by atoms with Gasteiger partial charge in [0.2, 0.25) is 0 Å². The van der Waals surface area contributed by atoms with Gasteiger partial charge in [-0.05, 0) is 42.0 Å². The SMILES string of the molecule is N#Cc1ccc2c3ccccc3n(-c3cccc4c3oc3cccc(-c5cccc6c5sc5ccccc56)c34)c2c1. The Kier molecular flexibility index (Phi) is 4.55.